The van der Waals surface area contributed by atoms with Gasteiger partial charge in [0, 0.05) is 12.1 Å². The standard InChI is InChI=1S/C13H7Cl2F2N3/c14-7-2-1-3-9(11(7)15)20-10-5-6(16)4-8(17)12(10)19-13(20)18/h1-5H,(H2,18,19). The van der Waals surface area contributed by atoms with Crippen LogP contribution in [0.5, 0.6) is 0 Å². The van der Waals surface area contributed by atoms with Crippen molar-refractivity contribution in [1.82, 2.24) is 9.55 Å². The molecule has 2 N–H and O–H groups in total. The summed E-state index contributed by atoms with van der Waals surface area (Å²) in [5, 5.41) is 0.534. The molecule has 3 rings (SSSR count). The molecule has 0 unspecified atom stereocenters. The molecule has 0 saturated carbocycles. The van der Waals surface area contributed by atoms with Crippen LogP contribution in [0.3, 0.4) is 0 Å². The smallest absolute Gasteiger partial charge is 0.206 e. The van der Waals surface area contributed by atoms with E-state index in [1.54, 1.807) is 18.2 Å². The van der Waals surface area contributed by atoms with E-state index in [1.165, 1.54) is 4.57 Å². The molecule has 20 heavy (non-hydrogen) atoms. The third-order valence-electron chi connectivity index (χ3n) is 2.88. The first-order valence-corrected chi connectivity index (χ1v) is 6.32. The van der Waals surface area contributed by atoms with Crippen LogP contribution in [0, 0.1) is 11.6 Å². The summed E-state index contributed by atoms with van der Waals surface area (Å²) < 4.78 is 28.5. The van der Waals surface area contributed by atoms with E-state index in [-0.39, 0.29) is 22.0 Å². The molecule has 0 saturated heterocycles. The number of aromatic nitrogens is 2. The summed E-state index contributed by atoms with van der Waals surface area (Å²) >= 11 is 12.1. The third kappa shape index (κ3) is 1.90. The van der Waals surface area contributed by atoms with Gasteiger partial charge < -0.3 is 5.73 Å². The minimum absolute atomic E-state index is 0.00586. The highest BCUT2D eigenvalue weighted by atomic mass is 35.5. The van der Waals surface area contributed by atoms with Crippen LogP contribution in [0.2, 0.25) is 10.0 Å². The Balaban J connectivity index is 2.42. The monoisotopic (exact) mass is 313 g/mol. The minimum atomic E-state index is -0.788. The molecule has 3 aromatic rings. The lowest BCUT2D eigenvalue weighted by Gasteiger charge is -2.09. The molecule has 2 aromatic carbocycles. The van der Waals surface area contributed by atoms with Crippen molar-refractivity contribution in [3.05, 3.63) is 52.0 Å². The molecule has 102 valence electrons. The predicted molar refractivity (Wildman–Crippen MR) is 75.4 cm³/mol. The maximum Gasteiger partial charge on any atom is 0.206 e. The number of anilines is 1. The summed E-state index contributed by atoms with van der Waals surface area (Å²) in [4.78, 5) is 3.90. The summed E-state index contributed by atoms with van der Waals surface area (Å²) in [6, 6.07) is 6.78. The van der Waals surface area contributed by atoms with Gasteiger partial charge in [0.05, 0.1) is 21.2 Å². The lowest BCUT2D eigenvalue weighted by Crippen LogP contribution is -2.01. The molecule has 0 fully saturated rings. The topological polar surface area (TPSA) is 43.8 Å². The second kappa shape index (κ2) is 4.61. The predicted octanol–water partition coefficient (Wildman–Crippen LogP) is 4.19. The number of imidazole rings is 1. The van der Waals surface area contributed by atoms with E-state index in [9.17, 15) is 8.78 Å². The fourth-order valence-corrected chi connectivity index (χ4v) is 2.42. The Morgan fingerprint density at radius 2 is 1.90 bits per heavy atom. The third-order valence-corrected chi connectivity index (χ3v) is 3.69. The van der Waals surface area contributed by atoms with E-state index in [0.717, 1.165) is 12.1 Å². The van der Waals surface area contributed by atoms with Crippen LogP contribution in [-0.4, -0.2) is 9.55 Å². The zero-order valence-corrected chi connectivity index (χ0v) is 11.4. The zero-order valence-electron chi connectivity index (χ0n) is 9.87. The molecule has 0 amide bonds. The first kappa shape index (κ1) is 13.1. The highest BCUT2D eigenvalue weighted by molar-refractivity contribution is 6.43. The van der Waals surface area contributed by atoms with Crippen LogP contribution in [0.15, 0.2) is 30.3 Å². The molecule has 0 aliphatic carbocycles. The number of hydrogen-bond acceptors (Lipinski definition) is 2. The maximum atomic E-state index is 13.7. The molecular weight excluding hydrogens is 307 g/mol. The summed E-state index contributed by atoms with van der Waals surface area (Å²) in [5.74, 6) is -1.52. The number of fused-ring (bicyclic) bond motifs is 1. The lowest BCUT2D eigenvalue weighted by molar-refractivity contribution is 0.590. The Bertz CT molecular complexity index is 830. The Labute approximate surface area is 122 Å². The quantitative estimate of drug-likeness (QED) is 0.732. The van der Waals surface area contributed by atoms with Gasteiger partial charge in [-0.3, -0.25) is 4.57 Å². The Morgan fingerprint density at radius 3 is 2.65 bits per heavy atom. The first-order chi connectivity index (χ1) is 9.49. The van der Waals surface area contributed by atoms with Gasteiger partial charge in [-0.15, -0.1) is 0 Å². The molecular formula is C13H7Cl2F2N3. The highest BCUT2D eigenvalue weighted by Crippen LogP contribution is 2.33. The molecule has 1 heterocycles. The van der Waals surface area contributed by atoms with Gasteiger partial charge in [-0.1, -0.05) is 29.3 Å². The number of nitrogens with two attached hydrogens (primary N) is 1. The molecule has 0 radical (unpaired) electrons. The van der Waals surface area contributed by atoms with Crippen LogP contribution >= 0.6 is 23.2 Å². The zero-order chi connectivity index (χ0) is 14.4. The molecule has 0 atom stereocenters. The summed E-state index contributed by atoms with van der Waals surface area (Å²) in [6.45, 7) is 0. The summed E-state index contributed by atoms with van der Waals surface area (Å²) in [7, 11) is 0. The normalized spacial score (nSPS) is 11.2. The average molecular weight is 314 g/mol. The molecule has 1 aromatic heterocycles. The number of nitrogen functional groups attached to an aromatic ring is 1. The van der Waals surface area contributed by atoms with Crippen molar-refractivity contribution in [2.75, 3.05) is 5.73 Å². The summed E-state index contributed by atoms with van der Waals surface area (Å²) in [6.07, 6.45) is 0. The molecule has 3 nitrogen and oxygen atoms in total. The van der Waals surface area contributed by atoms with Crippen molar-refractivity contribution in [3.63, 3.8) is 0 Å². The van der Waals surface area contributed by atoms with Gasteiger partial charge in [-0.05, 0) is 12.1 Å². The van der Waals surface area contributed by atoms with Crippen LogP contribution in [-0.2, 0) is 0 Å². The number of hydrogen-bond donors (Lipinski definition) is 1. The van der Waals surface area contributed by atoms with E-state index in [2.05, 4.69) is 4.98 Å². The van der Waals surface area contributed by atoms with E-state index in [0.29, 0.717) is 10.7 Å². The SMILES string of the molecule is Nc1nc2c(F)cc(F)cc2n1-c1cccc(Cl)c1Cl. The average Bonchev–Trinajstić information content (AvgIpc) is 2.70. The van der Waals surface area contributed by atoms with E-state index >= 15 is 0 Å². The van der Waals surface area contributed by atoms with Gasteiger partial charge in [0.1, 0.15) is 11.3 Å². The largest absolute Gasteiger partial charge is 0.369 e. The molecule has 0 spiro atoms. The lowest BCUT2D eigenvalue weighted by atomic mass is 10.2. The van der Waals surface area contributed by atoms with Crippen LogP contribution in [0.1, 0.15) is 0 Å². The van der Waals surface area contributed by atoms with Crippen molar-refractivity contribution in [1.29, 1.82) is 0 Å². The van der Waals surface area contributed by atoms with Gasteiger partial charge in [-0.2, -0.15) is 0 Å². The van der Waals surface area contributed by atoms with E-state index in [4.69, 9.17) is 28.9 Å². The molecule has 0 aliphatic heterocycles. The fraction of sp³-hybridized carbons (Fsp3) is 0. The minimum Gasteiger partial charge on any atom is -0.369 e. The van der Waals surface area contributed by atoms with Crippen molar-refractivity contribution >= 4 is 40.2 Å². The number of rotatable bonds is 1. The van der Waals surface area contributed by atoms with E-state index < -0.39 is 11.6 Å². The van der Waals surface area contributed by atoms with Gasteiger partial charge >= 0.3 is 0 Å². The van der Waals surface area contributed by atoms with Crippen molar-refractivity contribution in [3.8, 4) is 5.69 Å². The van der Waals surface area contributed by atoms with Gasteiger partial charge in [-0.25, -0.2) is 13.8 Å². The van der Waals surface area contributed by atoms with E-state index in [1.807, 2.05) is 0 Å². The highest BCUT2D eigenvalue weighted by Gasteiger charge is 2.17. The second-order valence-corrected chi connectivity index (χ2v) is 4.92. The van der Waals surface area contributed by atoms with Crippen molar-refractivity contribution < 1.29 is 8.78 Å². The Kier molecular flexibility index (Phi) is 3.03. The molecule has 0 bridgehead atoms. The number of halogens is 4. The van der Waals surface area contributed by atoms with Gasteiger partial charge in [0.25, 0.3) is 0 Å². The van der Waals surface area contributed by atoms with Crippen LogP contribution < -0.4 is 5.73 Å². The molecule has 7 heteroatoms. The van der Waals surface area contributed by atoms with Crippen molar-refractivity contribution in [2.24, 2.45) is 0 Å². The van der Waals surface area contributed by atoms with Gasteiger partial charge in [0.15, 0.2) is 5.82 Å². The number of benzene rings is 2. The van der Waals surface area contributed by atoms with Crippen LogP contribution in [0.4, 0.5) is 14.7 Å². The second-order valence-electron chi connectivity index (χ2n) is 4.13. The number of nitrogens with zero attached hydrogens (tertiary/aromatic N) is 2. The Hall–Kier alpha value is -1.85. The Morgan fingerprint density at radius 1 is 1.15 bits per heavy atom. The van der Waals surface area contributed by atoms with Crippen molar-refractivity contribution in [2.45, 2.75) is 0 Å². The first-order valence-electron chi connectivity index (χ1n) is 5.56. The van der Waals surface area contributed by atoms with Crippen LogP contribution in [0.25, 0.3) is 16.7 Å². The van der Waals surface area contributed by atoms with Gasteiger partial charge in [0.2, 0.25) is 5.95 Å². The molecule has 0 aliphatic rings. The maximum absolute atomic E-state index is 13.7. The fourth-order valence-electron chi connectivity index (χ4n) is 2.04. The summed E-state index contributed by atoms with van der Waals surface area (Å²) in [5.41, 5.74) is 6.35.